The number of nitrogens with one attached hydrogen (secondary N) is 1. The van der Waals surface area contributed by atoms with E-state index in [0.29, 0.717) is 16.9 Å². The molecule has 1 heterocycles. The molecule has 7 heteroatoms. The molecule has 1 amide bonds. The Bertz CT molecular complexity index is 745. The lowest BCUT2D eigenvalue weighted by Gasteiger charge is -2.17. The Kier molecular flexibility index (Phi) is 4.23. The highest BCUT2D eigenvalue weighted by Crippen LogP contribution is 2.18. The molecule has 110 valence electrons. The summed E-state index contributed by atoms with van der Waals surface area (Å²) in [6.45, 7) is 0. The first-order chi connectivity index (χ1) is 9.88. The molecule has 0 saturated heterocycles. The molecule has 1 N–H and O–H groups in total. The van der Waals surface area contributed by atoms with E-state index < -0.39 is 10.0 Å². The molecule has 0 aliphatic heterocycles. The number of rotatable bonds is 4. The van der Waals surface area contributed by atoms with E-state index in [1.165, 1.54) is 19.3 Å². The summed E-state index contributed by atoms with van der Waals surface area (Å²) in [5, 5.41) is 2.69. The molecule has 0 unspecified atom stereocenters. The average Bonchev–Trinajstić information content (AvgIpc) is 2.46. The zero-order valence-corrected chi connectivity index (χ0v) is 12.5. The summed E-state index contributed by atoms with van der Waals surface area (Å²) in [6.07, 6.45) is 4.25. The number of carbonyl (C=O) groups is 1. The minimum Gasteiger partial charge on any atom is -0.321 e. The van der Waals surface area contributed by atoms with Crippen LogP contribution in [0.5, 0.6) is 0 Å². The number of sulfonamides is 1. The highest BCUT2D eigenvalue weighted by molar-refractivity contribution is 7.92. The topological polar surface area (TPSA) is 79.4 Å². The maximum absolute atomic E-state index is 12.1. The molecule has 0 saturated carbocycles. The molecular weight excluding hydrogens is 290 g/mol. The predicted octanol–water partition coefficient (Wildman–Crippen LogP) is 1.73. The normalized spacial score (nSPS) is 11.0. The fourth-order valence-electron chi connectivity index (χ4n) is 1.67. The molecule has 0 atom stereocenters. The van der Waals surface area contributed by atoms with E-state index in [2.05, 4.69) is 10.3 Å². The number of benzene rings is 1. The molecule has 2 rings (SSSR count). The molecule has 0 radical (unpaired) electrons. The van der Waals surface area contributed by atoms with Crippen LogP contribution in [-0.4, -0.2) is 32.6 Å². The molecule has 6 nitrogen and oxygen atoms in total. The van der Waals surface area contributed by atoms with Crippen molar-refractivity contribution in [2.75, 3.05) is 22.9 Å². The molecule has 21 heavy (non-hydrogen) atoms. The molecular formula is C14H15N3O3S. The van der Waals surface area contributed by atoms with Crippen molar-refractivity contribution < 1.29 is 13.2 Å². The predicted molar refractivity (Wildman–Crippen MR) is 81.9 cm³/mol. The third kappa shape index (κ3) is 3.79. The summed E-state index contributed by atoms with van der Waals surface area (Å²) >= 11 is 0. The number of aromatic nitrogens is 1. The van der Waals surface area contributed by atoms with E-state index in [1.807, 2.05) is 0 Å². The van der Waals surface area contributed by atoms with Crippen molar-refractivity contribution in [1.29, 1.82) is 0 Å². The van der Waals surface area contributed by atoms with Crippen molar-refractivity contribution in [2.45, 2.75) is 0 Å². The first kappa shape index (κ1) is 15.0. The minimum atomic E-state index is -3.37. The molecule has 0 spiro atoms. The second-order valence-corrected chi connectivity index (χ2v) is 6.49. The smallest absolute Gasteiger partial charge is 0.255 e. The number of hydrogen-bond acceptors (Lipinski definition) is 4. The van der Waals surface area contributed by atoms with Crippen LogP contribution in [0.25, 0.3) is 0 Å². The van der Waals surface area contributed by atoms with Crippen LogP contribution in [-0.2, 0) is 10.0 Å². The van der Waals surface area contributed by atoms with Crippen LogP contribution in [0, 0.1) is 0 Å². The van der Waals surface area contributed by atoms with Crippen molar-refractivity contribution >= 4 is 27.3 Å². The van der Waals surface area contributed by atoms with Gasteiger partial charge in [-0.25, -0.2) is 8.42 Å². The Labute approximate surface area is 123 Å². The number of carbonyl (C=O) groups excluding carboxylic acids is 1. The second-order valence-electron chi connectivity index (χ2n) is 4.48. The van der Waals surface area contributed by atoms with Crippen LogP contribution in [0.2, 0.25) is 0 Å². The van der Waals surface area contributed by atoms with E-state index in [9.17, 15) is 13.2 Å². The summed E-state index contributed by atoms with van der Waals surface area (Å²) in [4.78, 5) is 16.0. The Morgan fingerprint density at radius 3 is 2.62 bits per heavy atom. The first-order valence-electron chi connectivity index (χ1n) is 6.13. The zero-order chi connectivity index (χ0) is 15.5. The van der Waals surface area contributed by atoms with Gasteiger partial charge in [0.15, 0.2) is 0 Å². The molecule has 2 aromatic rings. The van der Waals surface area contributed by atoms with Gasteiger partial charge in [0.05, 0.1) is 23.8 Å². The van der Waals surface area contributed by atoms with Crippen LogP contribution < -0.4 is 9.62 Å². The number of nitrogens with zero attached hydrogens (tertiary/aromatic N) is 2. The minimum absolute atomic E-state index is 0.327. The number of amides is 1. The number of pyridine rings is 1. The highest BCUT2D eigenvalue weighted by atomic mass is 32.2. The molecule has 1 aromatic heterocycles. The first-order valence-corrected chi connectivity index (χ1v) is 7.98. The maximum Gasteiger partial charge on any atom is 0.255 e. The molecule has 0 fully saturated rings. The van der Waals surface area contributed by atoms with Gasteiger partial charge in [0.2, 0.25) is 10.0 Å². The van der Waals surface area contributed by atoms with Gasteiger partial charge in [0, 0.05) is 18.8 Å². The van der Waals surface area contributed by atoms with Crippen LogP contribution in [0.4, 0.5) is 11.4 Å². The van der Waals surface area contributed by atoms with E-state index in [0.717, 1.165) is 10.6 Å². The van der Waals surface area contributed by atoms with Gasteiger partial charge in [-0.2, -0.15) is 0 Å². The van der Waals surface area contributed by atoms with Crippen molar-refractivity contribution in [3.05, 3.63) is 54.4 Å². The fourth-order valence-corrected chi connectivity index (χ4v) is 2.17. The van der Waals surface area contributed by atoms with Gasteiger partial charge >= 0.3 is 0 Å². The van der Waals surface area contributed by atoms with E-state index in [-0.39, 0.29) is 5.91 Å². The second kappa shape index (κ2) is 5.92. The van der Waals surface area contributed by atoms with Gasteiger partial charge in [0.1, 0.15) is 0 Å². The van der Waals surface area contributed by atoms with Crippen LogP contribution >= 0.6 is 0 Å². The summed E-state index contributed by atoms with van der Waals surface area (Å²) in [5.41, 5.74) is 1.37. The summed E-state index contributed by atoms with van der Waals surface area (Å²) in [5.74, 6) is -0.327. The van der Waals surface area contributed by atoms with Crippen molar-refractivity contribution in [3.8, 4) is 0 Å². The van der Waals surface area contributed by atoms with Crippen LogP contribution in [0.15, 0.2) is 48.8 Å². The Balaban J connectivity index is 2.23. The number of anilines is 2. The van der Waals surface area contributed by atoms with Gasteiger partial charge in [0.25, 0.3) is 5.91 Å². The van der Waals surface area contributed by atoms with E-state index in [4.69, 9.17) is 0 Å². The average molecular weight is 305 g/mol. The quantitative estimate of drug-likeness (QED) is 0.933. The van der Waals surface area contributed by atoms with Crippen molar-refractivity contribution in [1.82, 2.24) is 4.98 Å². The van der Waals surface area contributed by atoms with E-state index in [1.54, 1.807) is 36.5 Å². The van der Waals surface area contributed by atoms with Crippen LogP contribution in [0.1, 0.15) is 10.4 Å². The molecule has 0 aliphatic rings. The maximum atomic E-state index is 12.1. The van der Waals surface area contributed by atoms with Gasteiger partial charge in [-0.05, 0) is 30.3 Å². The Morgan fingerprint density at radius 1 is 1.24 bits per heavy atom. The van der Waals surface area contributed by atoms with Crippen LogP contribution in [0.3, 0.4) is 0 Å². The third-order valence-corrected chi connectivity index (χ3v) is 4.09. The summed E-state index contributed by atoms with van der Waals surface area (Å²) < 4.78 is 24.2. The van der Waals surface area contributed by atoms with Gasteiger partial charge < -0.3 is 5.32 Å². The van der Waals surface area contributed by atoms with Crippen molar-refractivity contribution in [2.24, 2.45) is 0 Å². The largest absolute Gasteiger partial charge is 0.321 e. The third-order valence-electron chi connectivity index (χ3n) is 2.89. The monoisotopic (exact) mass is 305 g/mol. The lowest BCUT2D eigenvalue weighted by Crippen LogP contribution is -2.25. The zero-order valence-electron chi connectivity index (χ0n) is 11.6. The van der Waals surface area contributed by atoms with E-state index >= 15 is 0 Å². The highest BCUT2D eigenvalue weighted by Gasteiger charge is 2.14. The van der Waals surface area contributed by atoms with Gasteiger partial charge in [-0.3, -0.25) is 14.1 Å². The number of hydrogen-bond donors (Lipinski definition) is 1. The molecule has 0 aliphatic carbocycles. The van der Waals surface area contributed by atoms with Gasteiger partial charge in [-0.15, -0.1) is 0 Å². The lowest BCUT2D eigenvalue weighted by atomic mass is 10.2. The fraction of sp³-hybridized carbons (Fsp3) is 0.143. The summed E-state index contributed by atoms with van der Waals surface area (Å²) in [6, 6.07) is 9.83. The standard InChI is InChI=1S/C14H15N3O3S/c1-17(21(2,19)20)13-7-3-5-11(9-13)14(18)16-12-6-4-8-15-10-12/h3-10H,1-2H3,(H,16,18). The SMILES string of the molecule is CN(c1cccc(C(=O)Nc2cccnc2)c1)S(C)(=O)=O. The van der Waals surface area contributed by atoms with Crippen molar-refractivity contribution in [3.63, 3.8) is 0 Å². The Hall–Kier alpha value is -2.41. The van der Waals surface area contributed by atoms with Gasteiger partial charge in [-0.1, -0.05) is 6.07 Å². The molecule has 0 bridgehead atoms. The lowest BCUT2D eigenvalue weighted by molar-refractivity contribution is 0.102. The molecule has 1 aromatic carbocycles. The summed E-state index contributed by atoms with van der Waals surface area (Å²) in [7, 11) is -1.93. The Morgan fingerprint density at radius 2 is 2.00 bits per heavy atom.